The van der Waals surface area contributed by atoms with Crippen molar-refractivity contribution in [3.8, 4) is 0 Å². The molecule has 0 atom stereocenters. The lowest BCUT2D eigenvalue weighted by Gasteiger charge is -2.25. The van der Waals surface area contributed by atoms with E-state index in [0.717, 1.165) is 24.2 Å². The fourth-order valence-corrected chi connectivity index (χ4v) is 3.29. The standard InChI is InChI=1S/C21H24ClN3O2/c1-2-3-13-24(18-7-5-4-6-8-18)20(26)16-23-14-15-25(21(23)27)19-11-9-17(22)10-12-19/h4-12H,2-3,13-16H2,1H3. The van der Waals surface area contributed by atoms with Crippen molar-refractivity contribution in [2.24, 2.45) is 0 Å². The third kappa shape index (κ3) is 4.61. The summed E-state index contributed by atoms with van der Waals surface area (Å²) < 4.78 is 0. The minimum absolute atomic E-state index is 0.0547. The Morgan fingerprint density at radius 2 is 1.78 bits per heavy atom. The van der Waals surface area contributed by atoms with Gasteiger partial charge in [0.15, 0.2) is 0 Å². The molecule has 0 radical (unpaired) electrons. The molecule has 0 aromatic heterocycles. The number of nitrogens with zero attached hydrogens (tertiary/aromatic N) is 3. The van der Waals surface area contributed by atoms with Gasteiger partial charge in [-0.25, -0.2) is 4.79 Å². The monoisotopic (exact) mass is 385 g/mol. The van der Waals surface area contributed by atoms with E-state index in [1.165, 1.54) is 0 Å². The Morgan fingerprint density at radius 3 is 2.44 bits per heavy atom. The first-order valence-electron chi connectivity index (χ1n) is 9.27. The zero-order chi connectivity index (χ0) is 19.2. The fraction of sp³-hybridized carbons (Fsp3) is 0.333. The number of rotatable bonds is 7. The molecule has 0 N–H and O–H groups in total. The van der Waals surface area contributed by atoms with E-state index in [1.807, 2.05) is 42.5 Å². The lowest BCUT2D eigenvalue weighted by Crippen LogP contribution is -2.42. The van der Waals surface area contributed by atoms with Crippen LogP contribution in [0.5, 0.6) is 0 Å². The quantitative estimate of drug-likeness (QED) is 0.708. The second-order valence-electron chi connectivity index (χ2n) is 6.57. The van der Waals surface area contributed by atoms with Gasteiger partial charge in [0.1, 0.15) is 6.54 Å². The van der Waals surface area contributed by atoms with Crippen LogP contribution >= 0.6 is 11.6 Å². The van der Waals surface area contributed by atoms with Crippen molar-refractivity contribution in [1.29, 1.82) is 0 Å². The zero-order valence-electron chi connectivity index (χ0n) is 15.5. The summed E-state index contributed by atoms with van der Waals surface area (Å²) in [5, 5.41) is 0.631. The Hall–Kier alpha value is -2.53. The summed E-state index contributed by atoms with van der Waals surface area (Å²) in [6.07, 6.45) is 1.93. The van der Waals surface area contributed by atoms with Crippen molar-refractivity contribution in [2.45, 2.75) is 19.8 Å². The molecule has 0 saturated carbocycles. The van der Waals surface area contributed by atoms with E-state index in [4.69, 9.17) is 11.6 Å². The van der Waals surface area contributed by atoms with E-state index in [-0.39, 0.29) is 18.5 Å². The lowest BCUT2D eigenvalue weighted by atomic mass is 10.2. The highest BCUT2D eigenvalue weighted by atomic mass is 35.5. The lowest BCUT2D eigenvalue weighted by molar-refractivity contribution is -0.119. The van der Waals surface area contributed by atoms with Crippen molar-refractivity contribution >= 4 is 34.9 Å². The van der Waals surface area contributed by atoms with E-state index in [9.17, 15) is 9.59 Å². The van der Waals surface area contributed by atoms with E-state index < -0.39 is 0 Å². The van der Waals surface area contributed by atoms with Crippen LogP contribution in [0.25, 0.3) is 0 Å². The van der Waals surface area contributed by atoms with Crippen LogP contribution in [0.2, 0.25) is 5.02 Å². The molecule has 1 heterocycles. The first-order valence-corrected chi connectivity index (χ1v) is 9.65. The number of hydrogen-bond donors (Lipinski definition) is 0. The number of halogens is 1. The third-order valence-corrected chi connectivity index (χ3v) is 4.92. The molecule has 1 saturated heterocycles. The van der Waals surface area contributed by atoms with Gasteiger partial charge in [-0.05, 0) is 42.8 Å². The van der Waals surface area contributed by atoms with Crippen LogP contribution in [0.1, 0.15) is 19.8 Å². The van der Waals surface area contributed by atoms with Crippen LogP contribution in [0.3, 0.4) is 0 Å². The number of anilines is 2. The smallest absolute Gasteiger partial charge is 0.313 e. The number of unbranched alkanes of at least 4 members (excludes halogenated alkanes) is 1. The summed E-state index contributed by atoms with van der Waals surface area (Å²) in [5.74, 6) is -0.0547. The maximum Gasteiger partial charge on any atom is 0.325 e. The molecule has 1 aliphatic heterocycles. The fourth-order valence-electron chi connectivity index (χ4n) is 3.16. The number of hydrogen-bond acceptors (Lipinski definition) is 2. The first-order chi connectivity index (χ1) is 13.1. The Bertz CT molecular complexity index is 780. The van der Waals surface area contributed by atoms with Crippen molar-refractivity contribution in [3.05, 3.63) is 59.6 Å². The van der Waals surface area contributed by atoms with Gasteiger partial charge in [0.25, 0.3) is 0 Å². The summed E-state index contributed by atoms with van der Waals surface area (Å²) in [5.41, 5.74) is 1.67. The first kappa shape index (κ1) is 19.2. The van der Waals surface area contributed by atoms with E-state index in [0.29, 0.717) is 24.7 Å². The second-order valence-corrected chi connectivity index (χ2v) is 7.00. The van der Waals surface area contributed by atoms with Gasteiger partial charge < -0.3 is 9.80 Å². The van der Waals surface area contributed by atoms with Gasteiger partial charge in [-0.2, -0.15) is 0 Å². The maximum absolute atomic E-state index is 12.9. The van der Waals surface area contributed by atoms with Crippen LogP contribution < -0.4 is 9.80 Å². The van der Waals surface area contributed by atoms with Crippen molar-refractivity contribution in [1.82, 2.24) is 4.90 Å². The normalized spacial score (nSPS) is 13.9. The Morgan fingerprint density at radius 1 is 1.07 bits per heavy atom. The van der Waals surface area contributed by atoms with Crippen molar-refractivity contribution in [3.63, 3.8) is 0 Å². The molecule has 0 spiro atoms. The Kier molecular flexibility index (Phi) is 6.35. The van der Waals surface area contributed by atoms with Gasteiger partial charge in [-0.15, -0.1) is 0 Å². The van der Waals surface area contributed by atoms with Gasteiger partial charge in [-0.1, -0.05) is 43.1 Å². The molecule has 3 amide bonds. The SMILES string of the molecule is CCCCN(C(=O)CN1CCN(c2ccc(Cl)cc2)C1=O)c1ccccc1. The average molecular weight is 386 g/mol. The molecular weight excluding hydrogens is 362 g/mol. The van der Waals surface area contributed by atoms with Gasteiger partial charge >= 0.3 is 6.03 Å². The van der Waals surface area contributed by atoms with Gasteiger partial charge in [0, 0.05) is 36.0 Å². The number of carbonyl (C=O) groups excluding carboxylic acids is 2. The average Bonchev–Trinajstić information content (AvgIpc) is 3.04. The van der Waals surface area contributed by atoms with Crippen LogP contribution in [0, 0.1) is 0 Å². The number of urea groups is 1. The molecule has 5 nitrogen and oxygen atoms in total. The summed E-state index contributed by atoms with van der Waals surface area (Å²) in [6.45, 7) is 3.93. The van der Waals surface area contributed by atoms with Gasteiger partial charge in [-0.3, -0.25) is 9.69 Å². The highest BCUT2D eigenvalue weighted by molar-refractivity contribution is 6.30. The molecule has 0 unspecified atom stereocenters. The predicted molar refractivity (Wildman–Crippen MR) is 109 cm³/mol. The Balaban J connectivity index is 1.68. The van der Waals surface area contributed by atoms with Crippen LogP contribution in [0.15, 0.2) is 54.6 Å². The predicted octanol–water partition coefficient (Wildman–Crippen LogP) is 4.42. The molecule has 6 heteroatoms. The number of para-hydroxylation sites is 1. The number of benzene rings is 2. The van der Waals surface area contributed by atoms with Gasteiger partial charge in [0.05, 0.1) is 0 Å². The molecule has 1 aliphatic rings. The minimum atomic E-state index is -0.144. The summed E-state index contributed by atoms with van der Waals surface area (Å²) in [4.78, 5) is 30.8. The van der Waals surface area contributed by atoms with E-state index in [2.05, 4.69) is 6.92 Å². The Labute approximate surface area is 165 Å². The zero-order valence-corrected chi connectivity index (χ0v) is 16.2. The highest BCUT2D eigenvalue weighted by Gasteiger charge is 2.32. The summed E-state index contributed by atoms with van der Waals surface area (Å²) in [7, 11) is 0. The molecule has 27 heavy (non-hydrogen) atoms. The van der Waals surface area contributed by atoms with Crippen LogP contribution in [-0.4, -0.2) is 43.0 Å². The van der Waals surface area contributed by atoms with Crippen LogP contribution in [0.4, 0.5) is 16.2 Å². The summed E-state index contributed by atoms with van der Waals surface area (Å²) in [6, 6.07) is 16.7. The summed E-state index contributed by atoms with van der Waals surface area (Å²) >= 11 is 5.92. The molecule has 3 rings (SSSR count). The molecular formula is C21H24ClN3O2. The highest BCUT2D eigenvalue weighted by Crippen LogP contribution is 2.23. The molecule has 0 aliphatic carbocycles. The maximum atomic E-state index is 12.9. The minimum Gasteiger partial charge on any atom is -0.313 e. The third-order valence-electron chi connectivity index (χ3n) is 4.66. The van der Waals surface area contributed by atoms with Crippen molar-refractivity contribution < 1.29 is 9.59 Å². The number of amides is 3. The largest absolute Gasteiger partial charge is 0.325 e. The molecule has 2 aromatic carbocycles. The number of carbonyl (C=O) groups is 2. The second kappa shape index (κ2) is 8.91. The van der Waals surface area contributed by atoms with Crippen LogP contribution in [-0.2, 0) is 4.79 Å². The van der Waals surface area contributed by atoms with E-state index in [1.54, 1.807) is 26.8 Å². The van der Waals surface area contributed by atoms with Crippen molar-refractivity contribution in [2.75, 3.05) is 36.0 Å². The van der Waals surface area contributed by atoms with Gasteiger partial charge in [0.2, 0.25) is 5.91 Å². The molecule has 1 fully saturated rings. The molecule has 2 aromatic rings. The molecule has 0 bridgehead atoms. The molecule has 142 valence electrons. The topological polar surface area (TPSA) is 43.9 Å². The van der Waals surface area contributed by atoms with E-state index >= 15 is 0 Å².